The van der Waals surface area contributed by atoms with Crippen molar-refractivity contribution < 1.29 is 21.9 Å². The molecular weight excluding hydrogens is 250 g/mol. The van der Waals surface area contributed by atoms with Crippen molar-refractivity contribution in [2.75, 3.05) is 0 Å². The fraction of sp³-hybridized carbons (Fsp3) is 0.250. The average Bonchev–Trinajstić information content (AvgIpc) is 1.99. The summed E-state index contributed by atoms with van der Waals surface area (Å²) in [6.45, 7) is -1.48. The molecule has 15 heavy (non-hydrogen) atoms. The summed E-state index contributed by atoms with van der Waals surface area (Å²) in [7, 11) is 0.965. The highest BCUT2D eigenvalue weighted by Crippen LogP contribution is 2.29. The van der Waals surface area contributed by atoms with E-state index in [0.717, 1.165) is 6.07 Å². The van der Waals surface area contributed by atoms with Crippen LogP contribution >= 0.6 is 10.7 Å². The van der Waals surface area contributed by atoms with E-state index >= 15 is 0 Å². The van der Waals surface area contributed by atoms with Gasteiger partial charge >= 0.3 is 6.61 Å². The SMILES string of the molecule is Cc1ccc(S(=O)(=O)Cl)c(OC(F)F)c1. The third-order valence-electron chi connectivity index (χ3n) is 1.58. The van der Waals surface area contributed by atoms with Crippen LogP contribution in [0.25, 0.3) is 0 Å². The standard InChI is InChI=1S/C8H7ClF2O3S/c1-5-2-3-7(15(9,12)13)6(4-5)14-8(10)11/h2-4,8H,1H3. The molecule has 1 aromatic carbocycles. The molecule has 0 unspecified atom stereocenters. The number of halogens is 3. The molecule has 0 atom stereocenters. The number of hydrogen-bond donors (Lipinski definition) is 0. The van der Waals surface area contributed by atoms with Crippen molar-refractivity contribution in [2.45, 2.75) is 18.4 Å². The fourth-order valence-electron chi connectivity index (χ4n) is 1.00. The fourth-order valence-corrected chi connectivity index (χ4v) is 1.97. The minimum absolute atomic E-state index is 0.444. The zero-order valence-electron chi connectivity index (χ0n) is 7.58. The largest absolute Gasteiger partial charge is 0.433 e. The van der Waals surface area contributed by atoms with Crippen molar-refractivity contribution in [1.29, 1.82) is 0 Å². The molecule has 1 aromatic rings. The lowest BCUT2D eigenvalue weighted by atomic mass is 10.2. The summed E-state index contributed by atoms with van der Waals surface area (Å²) in [5, 5.41) is 0. The van der Waals surface area contributed by atoms with Gasteiger partial charge in [0.15, 0.2) is 0 Å². The van der Waals surface area contributed by atoms with E-state index in [2.05, 4.69) is 4.74 Å². The molecule has 1 rings (SSSR count). The Morgan fingerprint density at radius 3 is 2.47 bits per heavy atom. The molecule has 0 bridgehead atoms. The van der Waals surface area contributed by atoms with Gasteiger partial charge in [0.05, 0.1) is 0 Å². The highest BCUT2D eigenvalue weighted by Gasteiger charge is 2.19. The Hall–Kier alpha value is -0.880. The summed E-state index contributed by atoms with van der Waals surface area (Å²) in [6.07, 6.45) is 0. The zero-order chi connectivity index (χ0) is 11.6. The van der Waals surface area contributed by atoms with Gasteiger partial charge in [-0.05, 0) is 24.6 Å². The molecule has 0 aromatic heterocycles. The van der Waals surface area contributed by atoms with E-state index in [9.17, 15) is 17.2 Å². The van der Waals surface area contributed by atoms with Gasteiger partial charge in [-0.15, -0.1) is 0 Å². The van der Waals surface area contributed by atoms with Crippen LogP contribution in [0.1, 0.15) is 5.56 Å². The van der Waals surface area contributed by atoms with E-state index in [1.165, 1.54) is 12.1 Å². The Kier molecular flexibility index (Phi) is 3.51. The molecule has 0 aliphatic heterocycles. The van der Waals surface area contributed by atoms with Gasteiger partial charge in [-0.3, -0.25) is 0 Å². The van der Waals surface area contributed by atoms with Gasteiger partial charge in [-0.2, -0.15) is 8.78 Å². The minimum atomic E-state index is -4.08. The van der Waals surface area contributed by atoms with Gasteiger partial charge in [-0.25, -0.2) is 8.42 Å². The molecule has 0 saturated carbocycles. The van der Waals surface area contributed by atoms with Crippen LogP contribution in [0.15, 0.2) is 23.1 Å². The molecule has 0 aliphatic carbocycles. The molecular formula is C8H7ClF2O3S. The van der Waals surface area contributed by atoms with Crippen LogP contribution < -0.4 is 4.74 Å². The first-order chi connectivity index (χ1) is 6.80. The average molecular weight is 257 g/mol. The van der Waals surface area contributed by atoms with Crippen molar-refractivity contribution in [1.82, 2.24) is 0 Å². The summed E-state index contributed by atoms with van der Waals surface area (Å²) < 4.78 is 50.0. The van der Waals surface area contributed by atoms with E-state index in [1.54, 1.807) is 6.92 Å². The van der Waals surface area contributed by atoms with Crippen LogP contribution in [0, 0.1) is 6.92 Å². The first kappa shape index (κ1) is 12.2. The second-order valence-corrected chi connectivity index (χ2v) is 5.30. The normalized spacial score (nSPS) is 11.8. The highest BCUT2D eigenvalue weighted by molar-refractivity contribution is 8.13. The maximum absolute atomic E-state index is 12.0. The Morgan fingerprint density at radius 2 is 2.00 bits per heavy atom. The predicted octanol–water partition coefficient (Wildman–Crippen LogP) is 2.52. The maximum Gasteiger partial charge on any atom is 0.387 e. The summed E-state index contributed by atoms with van der Waals surface area (Å²) in [5.41, 5.74) is 0.592. The Morgan fingerprint density at radius 1 is 1.40 bits per heavy atom. The van der Waals surface area contributed by atoms with Crippen LogP contribution in [-0.4, -0.2) is 15.0 Å². The number of benzene rings is 1. The van der Waals surface area contributed by atoms with Crippen molar-refractivity contribution >= 4 is 19.7 Å². The molecule has 3 nitrogen and oxygen atoms in total. The second-order valence-electron chi connectivity index (χ2n) is 2.77. The van der Waals surface area contributed by atoms with Crippen LogP contribution in [0.5, 0.6) is 5.75 Å². The lowest BCUT2D eigenvalue weighted by Crippen LogP contribution is -2.05. The number of hydrogen-bond acceptors (Lipinski definition) is 3. The van der Waals surface area contributed by atoms with Crippen molar-refractivity contribution in [3.8, 4) is 5.75 Å². The van der Waals surface area contributed by atoms with Crippen LogP contribution in [-0.2, 0) is 9.05 Å². The smallest absolute Gasteiger partial charge is 0.387 e. The van der Waals surface area contributed by atoms with Gasteiger partial charge < -0.3 is 4.74 Å². The minimum Gasteiger partial charge on any atom is -0.433 e. The van der Waals surface area contributed by atoms with Gasteiger partial charge in [0.2, 0.25) is 0 Å². The Labute approximate surface area is 90.0 Å². The third kappa shape index (κ3) is 3.32. The van der Waals surface area contributed by atoms with Gasteiger partial charge in [0, 0.05) is 10.7 Å². The molecule has 0 amide bonds. The molecule has 0 N–H and O–H groups in total. The number of aryl methyl sites for hydroxylation is 1. The first-order valence-corrected chi connectivity index (χ1v) is 6.12. The summed E-state index contributed by atoms with van der Waals surface area (Å²) in [5.74, 6) is -0.444. The maximum atomic E-state index is 12.0. The summed E-state index contributed by atoms with van der Waals surface area (Å²) in [4.78, 5) is -0.463. The van der Waals surface area contributed by atoms with Crippen LogP contribution in [0.4, 0.5) is 8.78 Å². The van der Waals surface area contributed by atoms with Crippen molar-refractivity contribution in [3.63, 3.8) is 0 Å². The lowest BCUT2D eigenvalue weighted by molar-refractivity contribution is -0.0517. The molecule has 0 saturated heterocycles. The van der Waals surface area contributed by atoms with Crippen molar-refractivity contribution in [3.05, 3.63) is 23.8 Å². The van der Waals surface area contributed by atoms with E-state index < -0.39 is 26.3 Å². The molecule has 7 heteroatoms. The van der Waals surface area contributed by atoms with Gasteiger partial charge in [-0.1, -0.05) is 6.07 Å². The molecule has 0 aliphatic rings. The Balaban J connectivity index is 3.27. The van der Waals surface area contributed by atoms with Gasteiger partial charge in [0.1, 0.15) is 10.6 Å². The third-order valence-corrected chi connectivity index (χ3v) is 2.94. The van der Waals surface area contributed by atoms with Crippen LogP contribution in [0.3, 0.4) is 0 Å². The summed E-state index contributed by atoms with van der Waals surface area (Å²) >= 11 is 0. The predicted molar refractivity (Wildman–Crippen MR) is 50.8 cm³/mol. The number of rotatable bonds is 3. The number of ether oxygens (including phenoxy) is 1. The van der Waals surface area contributed by atoms with Gasteiger partial charge in [0.25, 0.3) is 9.05 Å². The quantitative estimate of drug-likeness (QED) is 0.781. The van der Waals surface area contributed by atoms with Crippen molar-refractivity contribution in [2.24, 2.45) is 0 Å². The second kappa shape index (κ2) is 4.32. The molecule has 0 spiro atoms. The molecule has 0 radical (unpaired) electrons. The topological polar surface area (TPSA) is 43.4 Å². The summed E-state index contributed by atoms with van der Waals surface area (Å²) in [6, 6.07) is 3.74. The van der Waals surface area contributed by atoms with Crippen LogP contribution in [0.2, 0.25) is 0 Å². The van der Waals surface area contributed by atoms with E-state index in [0.29, 0.717) is 5.56 Å². The van der Waals surface area contributed by atoms with E-state index in [-0.39, 0.29) is 0 Å². The van der Waals surface area contributed by atoms with E-state index in [4.69, 9.17) is 10.7 Å². The zero-order valence-corrected chi connectivity index (χ0v) is 9.15. The first-order valence-electron chi connectivity index (χ1n) is 3.81. The monoisotopic (exact) mass is 256 g/mol. The molecule has 0 fully saturated rings. The van der Waals surface area contributed by atoms with E-state index in [1.807, 2.05) is 0 Å². The Bertz CT molecular complexity index is 459. The number of alkyl halides is 2. The lowest BCUT2D eigenvalue weighted by Gasteiger charge is -2.08. The molecule has 84 valence electrons. The highest BCUT2D eigenvalue weighted by atomic mass is 35.7. The molecule has 0 heterocycles.